The smallest absolute Gasteiger partial charge is 0.407 e. The summed E-state index contributed by atoms with van der Waals surface area (Å²) in [5.74, 6) is 2.29. The zero-order chi connectivity index (χ0) is 7.82. The number of rotatable bonds is 5. The maximum absolute atomic E-state index is 8.06. The molecule has 0 bridgehead atoms. The van der Waals surface area contributed by atoms with E-state index in [1.54, 1.807) is 0 Å². The van der Waals surface area contributed by atoms with Crippen LogP contribution in [0.5, 0.6) is 0 Å². The minimum atomic E-state index is -1.23. The van der Waals surface area contributed by atoms with E-state index < -0.39 is 8.38 Å². The molecule has 0 N–H and O–H groups in total. The average molecular weight is 168 g/mol. The van der Waals surface area contributed by atoms with Crippen LogP contribution in [0.25, 0.3) is 5.53 Å². The van der Waals surface area contributed by atoms with Crippen molar-refractivity contribution >= 4 is 14.3 Å². The molecule has 4 nitrogen and oxygen atoms in total. The van der Waals surface area contributed by atoms with Crippen molar-refractivity contribution in [1.29, 1.82) is 0 Å². The van der Waals surface area contributed by atoms with E-state index in [-0.39, 0.29) is 18.9 Å². The average Bonchev–Trinajstić information content (AvgIpc) is 1.90. The van der Waals surface area contributed by atoms with Gasteiger partial charge in [0.1, 0.15) is 0 Å². The second-order valence-electron chi connectivity index (χ2n) is 1.29. The van der Waals surface area contributed by atoms with Gasteiger partial charge >= 0.3 is 18.9 Å². The molecule has 11 heavy (non-hydrogen) atoms. The summed E-state index contributed by atoms with van der Waals surface area (Å²) in [6.45, 7) is 4.75. The Labute approximate surface area is 80.0 Å². The molecule has 0 aliphatic rings. The van der Waals surface area contributed by atoms with Crippen LogP contribution in [0.2, 0.25) is 0 Å². The predicted octanol–water partition coefficient (Wildman–Crippen LogP) is -1.49. The first-order chi connectivity index (χ1) is 4.85. The van der Waals surface area contributed by atoms with Crippen molar-refractivity contribution in [3.8, 4) is 0 Å². The Hall–Kier alpha value is 0.327. The maximum Gasteiger partial charge on any atom is 1.00 e. The summed E-state index contributed by atoms with van der Waals surface area (Å²) in [4.78, 5) is 2.70. The van der Waals surface area contributed by atoms with E-state index in [1.807, 2.05) is 13.8 Å². The van der Waals surface area contributed by atoms with Crippen molar-refractivity contribution in [2.45, 2.75) is 13.8 Å². The van der Waals surface area contributed by atoms with Crippen LogP contribution in [0.3, 0.4) is 0 Å². The van der Waals surface area contributed by atoms with Gasteiger partial charge in [0.25, 0.3) is 0 Å². The van der Waals surface area contributed by atoms with E-state index in [0.29, 0.717) is 13.2 Å². The van der Waals surface area contributed by atoms with Crippen LogP contribution >= 0.6 is 8.38 Å². The van der Waals surface area contributed by atoms with Crippen molar-refractivity contribution < 1.29 is 32.7 Å². The second kappa shape index (κ2) is 10.3. The minimum Gasteiger partial charge on any atom is -0.407 e. The van der Waals surface area contributed by atoms with Gasteiger partial charge in [0.2, 0.25) is 0 Å². The molecule has 0 aliphatic carbocycles. The molecule has 0 radical (unpaired) electrons. The minimum absolute atomic E-state index is 0. The molecule has 0 atom stereocenters. The summed E-state index contributed by atoms with van der Waals surface area (Å²) in [6, 6.07) is 0. The van der Waals surface area contributed by atoms with E-state index in [1.165, 1.54) is 0 Å². The van der Waals surface area contributed by atoms with Crippen molar-refractivity contribution in [1.82, 2.24) is 0 Å². The van der Waals surface area contributed by atoms with Crippen LogP contribution < -0.4 is 18.9 Å². The molecule has 0 fully saturated rings. The Morgan fingerprint density at radius 2 is 1.82 bits per heavy atom. The van der Waals surface area contributed by atoms with Gasteiger partial charge in [0.15, 0.2) is 0 Å². The molecular formula is C5H10LiN2O2P. The molecular weight excluding hydrogens is 158 g/mol. The first-order valence-corrected chi connectivity index (χ1v) is 4.18. The van der Waals surface area contributed by atoms with Gasteiger partial charge in [0.05, 0.1) is 8.38 Å². The molecule has 0 saturated heterocycles. The van der Waals surface area contributed by atoms with Crippen LogP contribution in [0.4, 0.5) is 0 Å². The Morgan fingerprint density at radius 1 is 1.36 bits per heavy atom. The van der Waals surface area contributed by atoms with Gasteiger partial charge in [-0.3, -0.25) is 0 Å². The first kappa shape index (κ1) is 13.9. The Morgan fingerprint density at radius 3 is 2.09 bits per heavy atom. The third-order valence-corrected chi connectivity index (χ3v) is 1.86. The molecule has 0 amide bonds. The monoisotopic (exact) mass is 168 g/mol. The summed E-state index contributed by atoms with van der Waals surface area (Å²) < 4.78 is 10.0. The van der Waals surface area contributed by atoms with Gasteiger partial charge in [-0.1, -0.05) is 0 Å². The zero-order valence-corrected chi connectivity index (χ0v) is 7.97. The van der Waals surface area contributed by atoms with Gasteiger partial charge in [-0.15, -0.1) is 0 Å². The predicted molar refractivity (Wildman–Crippen MR) is 38.8 cm³/mol. The molecule has 0 spiro atoms. The molecule has 6 heteroatoms. The van der Waals surface area contributed by atoms with Gasteiger partial charge in [-0.05, 0) is 13.8 Å². The van der Waals surface area contributed by atoms with Gasteiger partial charge in [-0.25, -0.2) is 0 Å². The fourth-order valence-electron chi connectivity index (χ4n) is 0.366. The molecule has 0 unspecified atom stereocenters. The third-order valence-electron chi connectivity index (χ3n) is 0.619. The first-order valence-electron chi connectivity index (χ1n) is 3.00. The van der Waals surface area contributed by atoms with E-state index >= 15 is 0 Å². The van der Waals surface area contributed by atoms with Crippen molar-refractivity contribution in [3.63, 3.8) is 0 Å². The SMILES string of the molecule is CCOP([C-]=[N+]=[N-])OCC.[Li+]. The fraction of sp³-hybridized carbons (Fsp3) is 0.800. The fourth-order valence-corrected chi connectivity index (χ4v) is 1.10. The van der Waals surface area contributed by atoms with Crippen LogP contribution in [-0.4, -0.2) is 24.0 Å². The number of nitrogens with zero attached hydrogens (tertiary/aromatic N) is 2. The summed E-state index contributed by atoms with van der Waals surface area (Å²) in [6.07, 6.45) is 0. The largest absolute Gasteiger partial charge is 1.00 e. The van der Waals surface area contributed by atoms with E-state index in [4.69, 9.17) is 14.6 Å². The maximum atomic E-state index is 8.06. The standard InChI is InChI=1S/C5H10N2O2P.Li/c1-3-8-10(5-7-6)9-4-2;/h3-4H2,1-2H3;/q-1;+1. The molecule has 0 rings (SSSR count). The van der Waals surface area contributed by atoms with Crippen LogP contribution in [0.15, 0.2) is 0 Å². The van der Waals surface area contributed by atoms with Crippen molar-refractivity contribution in [2.24, 2.45) is 0 Å². The van der Waals surface area contributed by atoms with Crippen LogP contribution in [0, 0.1) is 0 Å². The molecule has 0 aromatic heterocycles. The van der Waals surface area contributed by atoms with Gasteiger partial charge < -0.3 is 19.4 Å². The number of hydrogen-bond acceptors (Lipinski definition) is 2. The molecule has 0 saturated carbocycles. The summed E-state index contributed by atoms with van der Waals surface area (Å²) >= 11 is 0. The second-order valence-corrected chi connectivity index (χ2v) is 2.52. The van der Waals surface area contributed by atoms with Crippen LogP contribution in [-0.2, 0) is 9.05 Å². The Balaban J connectivity index is 0. The van der Waals surface area contributed by atoms with Crippen molar-refractivity contribution in [2.75, 3.05) is 13.2 Å². The normalized spacial score (nSPS) is 8.64. The summed E-state index contributed by atoms with van der Waals surface area (Å²) in [7, 11) is -1.23. The molecule has 0 aromatic rings. The number of hydrogen-bond donors (Lipinski definition) is 0. The van der Waals surface area contributed by atoms with E-state index in [2.05, 4.69) is 10.7 Å². The van der Waals surface area contributed by atoms with E-state index in [9.17, 15) is 0 Å². The summed E-state index contributed by atoms with van der Waals surface area (Å²) in [5, 5.41) is 0. The quantitative estimate of drug-likeness (QED) is 0.125. The molecule has 0 heterocycles. The van der Waals surface area contributed by atoms with Crippen molar-refractivity contribution in [3.05, 3.63) is 5.53 Å². The molecule has 58 valence electrons. The zero-order valence-electron chi connectivity index (χ0n) is 7.07. The van der Waals surface area contributed by atoms with Crippen LogP contribution in [0.1, 0.15) is 13.8 Å². The van der Waals surface area contributed by atoms with Gasteiger partial charge in [-0.2, -0.15) is 0 Å². The van der Waals surface area contributed by atoms with E-state index in [0.717, 1.165) is 0 Å². The molecule has 0 aromatic carbocycles. The molecule has 0 aliphatic heterocycles. The topological polar surface area (TPSA) is 54.9 Å². The third kappa shape index (κ3) is 8.23. The summed E-state index contributed by atoms with van der Waals surface area (Å²) in [5.41, 5.74) is 8.06. The Bertz CT molecular complexity index is 124. The Kier molecular flexibility index (Phi) is 13.0. The van der Waals surface area contributed by atoms with Gasteiger partial charge in [0, 0.05) is 19.2 Å².